The first kappa shape index (κ1) is 13.7. The number of aliphatic carboxylic acids is 1. The Morgan fingerprint density at radius 2 is 2.06 bits per heavy atom. The highest BCUT2D eigenvalue weighted by Crippen LogP contribution is 2.22. The fraction of sp³-hybridized carbons (Fsp3) is 0.333. The van der Waals surface area contributed by atoms with Crippen LogP contribution in [0.15, 0.2) is 18.2 Å². The first-order chi connectivity index (χ1) is 7.99. The molecule has 0 aliphatic carbocycles. The van der Waals surface area contributed by atoms with Crippen LogP contribution in [0.25, 0.3) is 0 Å². The van der Waals surface area contributed by atoms with E-state index >= 15 is 0 Å². The fourth-order valence-corrected chi connectivity index (χ4v) is 1.78. The smallest absolute Gasteiger partial charge is 0.337 e. The molecule has 0 heterocycles. The van der Waals surface area contributed by atoms with Gasteiger partial charge in [0.05, 0.1) is 0 Å². The quantitative estimate of drug-likeness (QED) is 0.624. The molecule has 1 atom stereocenters. The van der Waals surface area contributed by atoms with E-state index in [0.29, 0.717) is 11.1 Å². The van der Waals surface area contributed by atoms with Crippen molar-refractivity contribution >= 4 is 23.4 Å². The van der Waals surface area contributed by atoms with Crippen molar-refractivity contribution in [1.29, 1.82) is 0 Å². The molecule has 4 nitrogen and oxygen atoms in total. The SMILES string of the molecule is Cc1c(C(=O)CCCl)cccc1C(O)C(=O)O. The van der Waals surface area contributed by atoms with Crippen LogP contribution in [0.1, 0.15) is 34.0 Å². The van der Waals surface area contributed by atoms with Crippen molar-refractivity contribution in [2.24, 2.45) is 0 Å². The highest BCUT2D eigenvalue weighted by molar-refractivity contribution is 6.19. The van der Waals surface area contributed by atoms with Crippen LogP contribution < -0.4 is 0 Å². The Bertz CT molecular complexity index is 442. The second kappa shape index (κ2) is 5.80. The van der Waals surface area contributed by atoms with E-state index in [2.05, 4.69) is 0 Å². The number of hydrogen-bond acceptors (Lipinski definition) is 3. The number of carbonyl (C=O) groups is 2. The van der Waals surface area contributed by atoms with Crippen LogP contribution in [0.5, 0.6) is 0 Å². The third kappa shape index (κ3) is 3.05. The highest BCUT2D eigenvalue weighted by atomic mass is 35.5. The minimum absolute atomic E-state index is 0.156. The summed E-state index contributed by atoms with van der Waals surface area (Å²) in [7, 11) is 0. The lowest BCUT2D eigenvalue weighted by atomic mass is 9.95. The maximum atomic E-state index is 11.7. The third-order valence-electron chi connectivity index (χ3n) is 2.53. The number of carboxylic acids is 1. The molecule has 1 aromatic carbocycles. The van der Waals surface area contributed by atoms with Crippen LogP contribution in [0.3, 0.4) is 0 Å². The van der Waals surface area contributed by atoms with E-state index in [9.17, 15) is 14.7 Å². The summed E-state index contributed by atoms with van der Waals surface area (Å²) in [4.78, 5) is 22.4. The lowest BCUT2D eigenvalue weighted by Gasteiger charge is -2.12. The van der Waals surface area contributed by atoms with Gasteiger partial charge in [-0.15, -0.1) is 11.6 Å². The van der Waals surface area contributed by atoms with E-state index in [0.717, 1.165) is 0 Å². The first-order valence-corrected chi connectivity index (χ1v) is 5.62. The highest BCUT2D eigenvalue weighted by Gasteiger charge is 2.20. The van der Waals surface area contributed by atoms with Gasteiger partial charge in [0.15, 0.2) is 11.9 Å². The molecule has 0 amide bonds. The molecule has 0 aliphatic heterocycles. The maximum Gasteiger partial charge on any atom is 0.337 e. The largest absolute Gasteiger partial charge is 0.479 e. The van der Waals surface area contributed by atoms with Gasteiger partial charge in [0.2, 0.25) is 0 Å². The number of ketones is 1. The van der Waals surface area contributed by atoms with E-state index in [4.69, 9.17) is 16.7 Å². The van der Waals surface area contributed by atoms with Gasteiger partial charge in [-0.05, 0) is 18.1 Å². The maximum absolute atomic E-state index is 11.7. The van der Waals surface area contributed by atoms with Gasteiger partial charge in [-0.1, -0.05) is 18.2 Å². The molecule has 1 unspecified atom stereocenters. The minimum atomic E-state index is -1.61. The van der Waals surface area contributed by atoms with Crippen LogP contribution in [0.2, 0.25) is 0 Å². The zero-order valence-corrected chi connectivity index (χ0v) is 10.1. The number of alkyl halides is 1. The average molecular weight is 257 g/mol. The van der Waals surface area contributed by atoms with Crippen LogP contribution >= 0.6 is 11.6 Å². The number of carbonyl (C=O) groups excluding carboxylic acids is 1. The molecule has 2 N–H and O–H groups in total. The summed E-state index contributed by atoms with van der Waals surface area (Å²) < 4.78 is 0. The van der Waals surface area contributed by atoms with Crippen molar-refractivity contribution in [3.05, 3.63) is 34.9 Å². The molecule has 0 saturated heterocycles. The van der Waals surface area contributed by atoms with E-state index < -0.39 is 12.1 Å². The zero-order valence-electron chi connectivity index (χ0n) is 9.31. The molecule has 0 aromatic heterocycles. The summed E-state index contributed by atoms with van der Waals surface area (Å²) >= 11 is 5.49. The number of hydrogen-bond donors (Lipinski definition) is 2. The van der Waals surface area contributed by atoms with Crippen molar-refractivity contribution in [1.82, 2.24) is 0 Å². The standard InChI is InChI=1S/C12H13ClO4/c1-7-8(10(14)5-6-13)3-2-4-9(7)11(15)12(16)17/h2-4,11,15H,5-6H2,1H3,(H,16,17). The zero-order chi connectivity index (χ0) is 13.0. The Kier molecular flexibility index (Phi) is 4.66. The van der Waals surface area contributed by atoms with E-state index in [1.165, 1.54) is 6.07 Å². The Hall–Kier alpha value is -1.39. The number of benzene rings is 1. The van der Waals surface area contributed by atoms with Crippen LogP contribution in [0.4, 0.5) is 0 Å². The molecule has 1 rings (SSSR count). The summed E-state index contributed by atoms with van der Waals surface area (Å²) in [6.45, 7) is 1.61. The number of aliphatic hydroxyl groups is 1. The molecular formula is C12H13ClO4. The topological polar surface area (TPSA) is 74.6 Å². The summed E-state index contributed by atoms with van der Waals surface area (Å²) in [5.74, 6) is -1.28. The predicted molar refractivity (Wildman–Crippen MR) is 63.4 cm³/mol. The number of halogens is 1. The fourth-order valence-electron chi connectivity index (χ4n) is 1.61. The molecule has 5 heteroatoms. The van der Waals surface area contributed by atoms with E-state index in [1.807, 2.05) is 0 Å². The van der Waals surface area contributed by atoms with Gasteiger partial charge in [-0.2, -0.15) is 0 Å². The molecule has 17 heavy (non-hydrogen) atoms. The van der Waals surface area contributed by atoms with Gasteiger partial charge >= 0.3 is 5.97 Å². The van der Waals surface area contributed by atoms with Crippen molar-refractivity contribution in [3.8, 4) is 0 Å². The van der Waals surface area contributed by atoms with Crippen molar-refractivity contribution in [2.45, 2.75) is 19.4 Å². The summed E-state index contributed by atoms with van der Waals surface area (Å²) in [5, 5.41) is 18.2. The average Bonchev–Trinajstić information content (AvgIpc) is 2.28. The molecular weight excluding hydrogens is 244 g/mol. The number of rotatable bonds is 5. The summed E-state index contributed by atoms with van der Waals surface area (Å²) in [5.41, 5.74) is 1.12. The number of aliphatic hydroxyl groups excluding tert-OH is 1. The molecule has 0 spiro atoms. The van der Waals surface area contributed by atoms with Gasteiger partial charge in [0, 0.05) is 17.9 Å². The normalized spacial score (nSPS) is 12.2. The van der Waals surface area contributed by atoms with Crippen molar-refractivity contribution < 1.29 is 19.8 Å². The predicted octanol–water partition coefficient (Wildman–Crippen LogP) is 1.92. The monoisotopic (exact) mass is 256 g/mol. The summed E-state index contributed by atoms with van der Waals surface area (Å²) in [6, 6.07) is 4.64. The van der Waals surface area contributed by atoms with Crippen LogP contribution in [-0.2, 0) is 4.79 Å². The van der Waals surface area contributed by atoms with Crippen molar-refractivity contribution in [2.75, 3.05) is 5.88 Å². The van der Waals surface area contributed by atoms with Gasteiger partial charge < -0.3 is 10.2 Å². The Morgan fingerprint density at radius 1 is 1.41 bits per heavy atom. The van der Waals surface area contributed by atoms with Gasteiger partial charge in [0.1, 0.15) is 0 Å². The Labute approximate surface area is 104 Å². The molecule has 0 fully saturated rings. The summed E-state index contributed by atoms with van der Waals surface area (Å²) in [6.07, 6.45) is -1.42. The second-order valence-electron chi connectivity index (χ2n) is 3.62. The minimum Gasteiger partial charge on any atom is -0.479 e. The van der Waals surface area contributed by atoms with E-state index in [-0.39, 0.29) is 23.6 Å². The lowest BCUT2D eigenvalue weighted by molar-refractivity contribution is -0.147. The molecule has 0 saturated carbocycles. The molecule has 92 valence electrons. The van der Waals surface area contributed by atoms with Crippen molar-refractivity contribution in [3.63, 3.8) is 0 Å². The molecule has 0 radical (unpaired) electrons. The van der Waals surface area contributed by atoms with Gasteiger partial charge in [0.25, 0.3) is 0 Å². The number of Topliss-reactive ketones (excluding diaryl/α,β-unsaturated/α-hetero) is 1. The number of carboxylic acid groups (broad SMARTS) is 1. The van der Waals surface area contributed by atoms with E-state index in [1.54, 1.807) is 19.1 Å². The Balaban J connectivity index is 3.15. The van der Waals surface area contributed by atoms with Gasteiger partial charge in [-0.25, -0.2) is 4.79 Å². The van der Waals surface area contributed by atoms with Gasteiger partial charge in [-0.3, -0.25) is 4.79 Å². The third-order valence-corrected chi connectivity index (χ3v) is 2.72. The molecule has 0 bridgehead atoms. The van der Waals surface area contributed by atoms with Crippen LogP contribution in [-0.4, -0.2) is 27.8 Å². The molecule has 0 aliphatic rings. The molecule has 1 aromatic rings. The van der Waals surface area contributed by atoms with Crippen LogP contribution in [0, 0.1) is 6.92 Å². The first-order valence-electron chi connectivity index (χ1n) is 5.08. The second-order valence-corrected chi connectivity index (χ2v) is 4.00. The lowest BCUT2D eigenvalue weighted by Crippen LogP contribution is -2.14. The Morgan fingerprint density at radius 3 is 2.59 bits per heavy atom.